The lowest BCUT2D eigenvalue weighted by molar-refractivity contribution is 0.442. The number of aromatic nitrogens is 1. The van der Waals surface area contributed by atoms with Gasteiger partial charge < -0.3 is 9.84 Å². The topological polar surface area (TPSA) is 84.2 Å². The number of thiophene rings is 1. The van der Waals surface area contributed by atoms with Crippen LogP contribution in [-0.2, 0) is 23.0 Å². The Kier molecular flexibility index (Phi) is 7.23. The van der Waals surface area contributed by atoms with E-state index in [1.54, 1.807) is 37.3 Å². The van der Waals surface area contributed by atoms with E-state index in [1.165, 1.54) is 24.3 Å². The number of nitrogens with zero attached hydrogens (tertiary/aromatic N) is 1. The minimum atomic E-state index is -3.82. The van der Waals surface area contributed by atoms with Crippen LogP contribution in [-0.4, -0.2) is 20.1 Å². The Hall–Kier alpha value is -3.34. The molecule has 0 unspecified atom stereocenters. The summed E-state index contributed by atoms with van der Waals surface area (Å²) in [6.07, 6.45) is 2.54. The van der Waals surface area contributed by atoms with E-state index in [0.29, 0.717) is 28.8 Å². The average molecular weight is 542 g/mol. The van der Waals surface area contributed by atoms with Crippen LogP contribution in [0.2, 0.25) is 0 Å². The van der Waals surface area contributed by atoms with Crippen LogP contribution in [0, 0.1) is 18.6 Å². The third kappa shape index (κ3) is 5.66. The van der Waals surface area contributed by atoms with Crippen LogP contribution >= 0.6 is 11.3 Å². The molecule has 2 heterocycles. The van der Waals surface area contributed by atoms with Crippen molar-refractivity contribution in [2.75, 3.05) is 11.3 Å². The molecule has 0 radical (unpaired) electrons. The van der Waals surface area contributed by atoms with Gasteiger partial charge in [-0.3, -0.25) is 4.72 Å². The molecule has 0 saturated heterocycles. The first-order chi connectivity index (χ1) is 17.8. The van der Waals surface area contributed by atoms with Crippen molar-refractivity contribution in [3.8, 4) is 0 Å². The molecule has 0 fully saturated rings. The maximum Gasteiger partial charge on any atom is 0.271 e. The van der Waals surface area contributed by atoms with Gasteiger partial charge in [-0.1, -0.05) is 17.3 Å². The minimum Gasteiger partial charge on any atom is -0.356 e. The molecule has 3 aromatic carbocycles. The van der Waals surface area contributed by atoms with Crippen molar-refractivity contribution in [1.29, 1.82) is 0 Å². The third-order valence-electron chi connectivity index (χ3n) is 6.13. The van der Waals surface area contributed by atoms with E-state index in [9.17, 15) is 17.2 Å². The molecule has 0 spiro atoms. The molecule has 2 aromatic heterocycles. The first-order valence-corrected chi connectivity index (χ1v) is 14.1. The maximum absolute atomic E-state index is 13.6. The summed E-state index contributed by atoms with van der Waals surface area (Å²) in [5, 5.41) is 8.87. The number of hydrogen-bond donors (Lipinski definition) is 2. The summed E-state index contributed by atoms with van der Waals surface area (Å²) in [6.45, 7) is 3.05. The van der Waals surface area contributed by atoms with Crippen LogP contribution in [0.25, 0.3) is 21.1 Å². The highest BCUT2D eigenvalue weighted by atomic mass is 32.2. The van der Waals surface area contributed by atoms with Gasteiger partial charge in [0.25, 0.3) is 10.0 Å². The van der Waals surface area contributed by atoms with Crippen molar-refractivity contribution in [3.63, 3.8) is 0 Å². The van der Waals surface area contributed by atoms with Gasteiger partial charge in [0.15, 0.2) is 5.58 Å². The van der Waals surface area contributed by atoms with Crippen LogP contribution in [0.1, 0.15) is 29.7 Å². The van der Waals surface area contributed by atoms with E-state index < -0.39 is 15.8 Å². The quantitative estimate of drug-likeness (QED) is 0.196. The molecule has 2 N–H and O–H groups in total. The number of rotatable bonds is 10. The monoisotopic (exact) mass is 541 g/mol. The molecular formula is C27H25F2N3O3S2. The predicted molar refractivity (Wildman–Crippen MR) is 142 cm³/mol. The molecular weight excluding hydrogens is 516 g/mol. The number of sulfonamides is 1. The van der Waals surface area contributed by atoms with E-state index in [2.05, 4.69) is 15.2 Å². The molecule has 0 aliphatic rings. The first kappa shape index (κ1) is 25.3. The van der Waals surface area contributed by atoms with Gasteiger partial charge in [0.05, 0.1) is 5.69 Å². The summed E-state index contributed by atoms with van der Waals surface area (Å²) in [7, 11) is -3.82. The molecule has 10 heteroatoms. The van der Waals surface area contributed by atoms with Crippen molar-refractivity contribution in [2.45, 2.75) is 36.9 Å². The fraction of sp³-hybridized carbons (Fsp3) is 0.222. The fourth-order valence-electron chi connectivity index (χ4n) is 4.29. The third-order valence-corrected chi connectivity index (χ3v) is 9.41. The second kappa shape index (κ2) is 10.6. The average Bonchev–Trinajstić information content (AvgIpc) is 3.42. The Morgan fingerprint density at radius 2 is 1.78 bits per heavy atom. The molecule has 0 saturated carbocycles. The predicted octanol–water partition coefficient (Wildman–Crippen LogP) is 6.54. The zero-order valence-electron chi connectivity index (χ0n) is 20.1. The molecule has 0 atom stereocenters. The van der Waals surface area contributed by atoms with Crippen LogP contribution in [0.5, 0.6) is 0 Å². The highest BCUT2D eigenvalue weighted by Crippen LogP contribution is 2.35. The van der Waals surface area contributed by atoms with Crippen molar-refractivity contribution in [1.82, 2.24) is 10.5 Å². The molecule has 0 aliphatic carbocycles. The Balaban J connectivity index is 1.14. The molecule has 192 valence electrons. The lowest BCUT2D eigenvalue weighted by Gasteiger charge is -2.10. The standard InChI is InChI=1S/C27H25F2N3O3S2/c1-17-23-14-19(28)9-11-26(23)36-27(17)37(33,34)32-21-6-4-5-18(13-21)16-30-12-3-2-7-24-22-10-8-20(29)15-25(22)35-31-24/h4-6,8-11,13-15,30,32H,2-3,7,12,16H2,1H3. The molecule has 0 aliphatic heterocycles. The van der Waals surface area contributed by atoms with Crippen LogP contribution in [0.15, 0.2) is 69.4 Å². The number of hydrogen-bond acceptors (Lipinski definition) is 6. The molecule has 5 aromatic rings. The van der Waals surface area contributed by atoms with Gasteiger partial charge in [-0.15, -0.1) is 11.3 Å². The minimum absolute atomic E-state index is 0.182. The summed E-state index contributed by atoms with van der Waals surface area (Å²) < 4.78 is 61.8. The van der Waals surface area contributed by atoms with Gasteiger partial charge in [-0.05, 0) is 91.7 Å². The normalized spacial score (nSPS) is 12.0. The number of nitrogens with one attached hydrogen (secondary N) is 2. The second-order valence-corrected chi connectivity index (χ2v) is 11.8. The molecule has 6 nitrogen and oxygen atoms in total. The van der Waals surface area contributed by atoms with Crippen molar-refractivity contribution in [3.05, 3.63) is 89.1 Å². The number of fused-ring (bicyclic) bond motifs is 2. The Labute approximate surface area is 217 Å². The molecule has 0 bridgehead atoms. The van der Waals surface area contributed by atoms with Crippen LogP contribution < -0.4 is 10.0 Å². The highest BCUT2D eigenvalue weighted by molar-refractivity contribution is 7.94. The van der Waals surface area contributed by atoms with E-state index >= 15 is 0 Å². The summed E-state index contributed by atoms with van der Waals surface area (Å²) in [5.74, 6) is -0.739. The van der Waals surface area contributed by atoms with Gasteiger partial charge in [0, 0.05) is 28.4 Å². The van der Waals surface area contributed by atoms with E-state index in [0.717, 1.165) is 58.5 Å². The van der Waals surface area contributed by atoms with Crippen LogP contribution in [0.4, 0.5) is 14.5 Å². The highest BCUT2D eigenvalue weighted by Gasteiger charge is 2.22. The number of unbranched alkanes of at least 4 members (excludes halogenated alkanes) is 1. The Bertz CT molecular complexity index is 1680. The summed E-state index contributed by atoms with van der Waals surface area (Å²) in [6, 6.07) is 16.0. The van der Waals surface area contributed by atoms with Crippen LogP contribution in [0.3, 0.4) is 0 Å². The zero-order valence-corrected chi connectivity index (χ0v) is 21.7. The Morgan fingerprint density at radius 3 is 2.65 bits per heavy atom. The molecule has 0 amide bonds. The van der Waals surface area contributed by atoms with Crippen molar-refractivity contribution < 1.29 is 21.7 Å². The molecule has 5 rings (SSSR count). The van der Waals surface area contributed by atoms with Gasteiger partial charge in [0.1, 0.15) is 15.8 Å². The first-order valence-electron chi connectivity index (χ1n) is 11.8. The van der Waals surface area contributed by atoms with E-state index in [1.807, 2.05) is 6.07 Å². The van der Waals surface area contributed by atoms with Gasteiger partial charge in [-0.25, -0.2) is 17.2 Å². The van der Waals surface area contributed by atoms with E-state index in [-0.39, 0.29) is 10.0 Å². The summed E-state index contributed by atoms with van der Waals surface area (Å²) in [4.78, 5) is 0. The largest absolute Gasteiger partial charge is 0.356 e. The number of halogens is 2. The number of aryl methyl sites for hydroxylation is 2. The lowest BCUT2D eigenvalue weighted by Crippen LogP contribution is -2.16. The van der Waals surface area contributed by atoms with Gasteiger partial charge in [-0.2, -0.15) is 0 Å². The SMILES string of the molecule is Cc1c(S(=O)(=O)Nc2cccc(CNCCCCc3noc4cc(F)ccc34)c2)sc2ccc(F)cc12. The fourth-order valence-corrected chi connectivity index (χ4v) is 7.09. The van der Waals surface area contributed by atoms with Gasteiger partial charge in [0.2, 0.25) is 0 Å². The summed E-state index contributed by atoms with van der Waals surface area (Å²) >= 11 is 1.13. The molecule has 37 heavy (non-hydrogen) atoms. The van der Waals surface area contributed by atoms with E-state index in [4.69, 9.17) is 4.52 Å². The Morgan fingerprint density at radius 1 is 0.973 bits per heavy atom. The number of benzene rings is 3. The maximum atomic E-state index is 13.6. The van der Waals surface area contributed by atoms with Crippen molar-refractivity contribution >= 4 is 48.1 Å². The second-order valence-electron chi connectivity index (χ2n) is 8.86. The number of anilines is 1. The van der Waals surface area contributed by atoms with Gasteiger partial charge >= 0.3 is 0 Å². The summed E-state index contributed by atoms with van der Waals surface area (Å²) in [5.41, 5.74) is 3.24. The van der Waals surface area contributed by atoms with Crippen molar-refractivity contribution in [2.24, 2.45) is 0 Å². The zero-order chi connectivity index (χ0) is 26.0. The lowest BCUT2D eigenvalue weighted by atomic mass is 10.1. The smallest absolute Gasteiger partial charge is 0.271 e.